The maximum atomic E-state index is 13.0. The molecule has 0 unspecified atom stereocenters. The Hall–Kier alpha value is -3.02. The minimum atomic E-state index is -3.65. The second-order valence-corrected chi connectivity index (χ2v) is 11.1. The zero-order valence-electron chi connectivity index (χ0n) is 21.6. The number of benzene rings is 2. The molecule has 1 aromatic heterocycles. The number of rotatable bonds is 12. The van der Waals surface area contributed by atoms with Gasteiger partial charge in [-0.2, -0.15) is 9.30 Å². The van der Waals surface area contributed by atoms with Gasteiger partial charge in [0.2, 0.25) is 10.0 Å². The van der Waals surface area contributed by atoms with E-state index in [4.69, 9.17) is 9.47 Å². The predicted octanol–water partition coefficient (Wildman–Crippen LogP) is 4.22. The van der Waals surface area contributed by atoms with E-state index in [2.05, 4.69) is 4.99 Å². The van der Waals surface area contributed by atoms with Crippen LogP contribution in [0.5, 0.6) is 5.75 Å². The highest BCUT2D eigenvalue weighted by molar-refractivity contribution is 7.89. The van der Waals surface area contributed by atoms with Gasteiger partial charge in [0.25, 0.3) is 5.91 Å². The average Bonchev–Trinajstić information content (AvgIpc) is 3.20. The topological polar surface area (TPSA) is 107 Å². The van der Waals surface area contributed by atoms with Crippen molar-refractivity contribution in [3.63, 3.8) is 0 Å². The molecular weight excluding hydrogens is 514 g/mol. The van der Waals surface area contributed by atoms with Crippen LogP contribution in [0.25, 0.3) is 10.2 Å². The van der Waals surface area contributed by atoms with E-state index in [1.165, 1.54) is 39.9 Å². The van der Waals surface area contributed by atoms with Gasteiger partial charge >= 0.3 is 5.97 Å². The van der Waals surface area contributed by atoms with Gasteiger partial charge in [-0.25, -0.2) is 8.42 Å². The molecule has 1 amide bonds. The Morgan fingerprint density at radius 3 is 2.24 bits per heavy atom. The summed E-state index contributed by atoms with van der Waals surface area (Å²) in [5, 5.41) is 0. The van der Waals surface area contributed by atoms with Crippen LogP contribution < -0.4 is 9.54 Å². The van der Waals surface area contributed by atoms with E-state index in [1.54, 1.807) is 17.6 Å². The van der Waals surface area contributed by atoms with Crippen molar-refractivity contribution in [2.45, 2.75) is 52.0 Å². The zero-order chi connectivity index (χ0) is 27.0. The van der Waals surface area contributed by atoms with Crippen LogP contribution in [0.15, 0.2) is 52.4 Å². The normalized spacial score (nSPS) is 12.3. The summed E-state index contributed by atoms with van der Waals surface area (Å²) in [4.78, 5) is 30.0. The van der Waals surface area contributed by atoms with Crippen molar-refractivity contribution in [2.24, 2.45) is 4.99 Å². The van der Waals surface area contributed by atoms with Crippen LogP contribution in [-0.4, -0.2) is 55.5 Å². The van der Waals surface area contributed by atoms with Crippen LogP contribution in [-0.2, 0) is 26.1 Å². The van der Waals surface area contributed by atoms with E-state index in [0.29, 0.717) is 43.1 Å². The molecule has 200 valence electrons. The number of carbonyl (C=O) groups is 2. The lowest BCUT2D eigenvalue weighted by molar-refractivity contribution is -0.143. The number of hydrogen-bond acceptors (Lipinski definition) is 7. The highest BCUT2D eigenvalue weighted by Crippen LogP contribution is 2.24. The highest BCUT2D eigenvalue weighted by Gasteiger charge is 2.23. The monoisotopic (exact) mass is 547 g/mol. The molecular formula is C26H33N3O6S2. The zero-order valence-corrected chi connectivity index (χ0v) is 23.2. The number of aromatic nitrogens is 1. The van der Waals surface area contributed by atoms with Crippen molar-refractivity contribution in [1.29, 1.82) is 0 Å². The number of carbonyl (C=O) groups excluding carboxylic acids is 2. The fourth-order valence-corrected chi connectivity index (χ4v) is 6.49. The van der Waals surface area contributed by atoms with Crippen molar-refractivity contribution < 1.29 is 27.5 Å². The maximum absolute atomic E-state index is 13.0. The molecule has 0 aliphatic carbocycles. The minimum absolute atomic E-state index is 0.101. The molecule has 37 heavy (non-hydrogen) atoms. The van der Waals surface area contributed by atoms with E-state index in [-0.39, 0.29) is 23.6 Å². The number of sulfonamides is 1. The van der Waals surface area contributed by atoms with E-state index in [0.717, 1.165) is 10.2 Å². The molecule has 0 aliphatic heterocycles. The van der Waals surface area contributed by atoms with Gasteiger partial charge in [-0.05, 0) is 69.2 Å². The van der Waals surface area contributed by atoms with Crippen LogP contribution in [0.1, 0.15) is 50.9 Å². The van der Waals surface area contributed by atoms with Crippen LogP contribution in [0, 0.1) is 0 Å². The molecule has 3 rings (SSSR count). The minimum Gasteiger partial charge on any atom is -0.494 e. The summed E-state index contributed by atoms with van der Waals surface area (Å²) in [5.74, 6) is -0.310. The maximum Gasteiger partial charge on any atom is 0.326 e. The summed E-state index contributed by atoms with van der Waals surface area (Å²) in [6.45, 7) is 9.00. The quantitative estimate of drug-likeness (QED) is 0.314. The Balaban J connectivity index is 1.98. The van der Waals surface area contributed by atoms with E-state index in [9.17, 15) is 18.0 Å². The third-order valence-corrected chi connectivity index (χ3v) is 8.39. The lowest BCUT2D eigenvalue weighted by atomic mass is 10.2. The summed E-state index contributed by atoms with van der Waals surface area (Å²) in [5.41, 5.74) is 0.966. The van der Waals surface area contributed by atoms with Gasteiger partial charge in [0, 0.05) is 18.7 Å². The van der Waals surface area contributed by atoms with Crippen molar-refractivity contribution >= 4 is 43.5 Å². The SMILES string of the molecule is CCCN(CCC)S(=O)(=O)c1ccc(C(=O)N=c2sc3cc(OCC)ccc3n2CC(=O)OCC)cc1. The summed E-state index contributed by atoms with van der Waals surface area (Å²) in [6.07, 6.45) is 1.42. The van der Waals surface area contributed by atoms with Crippen molar-refractivity contribution in [3.05, 3.63) is 52.8 Å². The predicted molar refractivity (Wildman–Crippen MR) is 143 cm³/mol. The lowest BCUT2D eigenvalue weighted by Crippen LogP contribution is -2.32. The molecule has 0 saturated heterocycles. The molecule has 0 saturated carbocycles. The first-order chi connectivity index (χ1) is 17.7. The summed E-state index contributed by atoms with van der Waals surface area (Å²) >= 11 is 1.25. The Labute approximate surface area is 221 Å². The third kappa shape index (κ3) is 6.85. The fourth-order valence-electron chi connectivity index (χ4n) is 3.80. The van der Waals surface area contributed by atoms with E-state index >= 15 is 0 Å². The number of nitrogens with zero attached hydrogens (tertiary/aromatic N) is 3. The molecule has 0 N–H and O–H groups in total. The Morgan fingerprint density at radius 1 is 0.973 bits per heavy atom. The number of hydrogen-bond donors (Lipinski definition) is 0. The third-order valence-electron chi connectivity index (χ3n) is 5.44. The van der Waals surface area contributed by atoms with Crippen LogP contribution in [0.2, 0.25) is 0 Å². The molecule has 1 heterocycles. The summed E-state index contributed by atoms with van der Waals surface area (Å²) in [7, 11) is -3.65. The molecule has 9 nitrogen and oxygen atoms in total. The molecule has 0 bridgehead atoms. The number of esters is 1. The molecule has 3 aromatic rings. The number of amides is 1. The van der Waals surface area contributed by atoms with Crippen LogP contribution in [0.3, 0.4) is 0 Å². The number of fused-ring (bicyclic) bond motifs is 1. The lowest BCUT2D eigenvalue weighted by Gasteiger charge is -2.21. The van der Waals surface area contributed by atoms with Crippen molar-refractivity contribution in [1.82, 2.24) is 8.87 Å². The molecule has 0 atom stereocenters. The number of thiazole rings is 1. The van der Waals surface area contributed by atoms with Gasteiger partial charge in [0.05, 0.1) is 28.3 Å². The van der Waals surface area contributed by atoms with E-state index in [1.807, 2.05) is 32.9 Å². The van der Waals surface area contributed by atoms with Crippen molar-refractivity contribution in [2.75, 3.05) is 26.3 Å². The first kappa shape index (κ1) is 28.5. The van der Waals surface area contributed by atoms with Gasteiger partial charge in [-0.15, -0.1) is 0 Å². The highest BCUT2D eigenvalue weighted by atomic mass is 32.2. The molecule has 2 aromatic carbocycles. The molecule has 0 radical (unpaired) electrons. The van der Waals surface area contributed by atoms with E-state index < -0.39 is 21.9 Å². The van der Waals surface area contributed by atoms with Gasteiger partial charge in [0.15, 0.2) is 4.80 Å². The second kappa shape index (κ2) is 13.0. The van der Waals surface area contributed by atoms with Gasteiger partial charge in [-0.1, -0.05) is 25.2 Å². The van der Waals surface area contributed by atoms with Gasteiger partial charge in [0.1, 0.15) is 12.3 Å². The molecule has 0 fully saturated rings. The summed E-state index contributed by atoms with van der Waals surface area (Å²) < 4.78 is 40.6. The number of ether oxygens (including phenoxy) is 2. The Morgan fingerprint density at radius 2 is 1.65 bits per heavy atom. The van der Waals surface area contributed by atoms with Crippen LogP contribution >= 0.6 is 11.3 Å². The Kier molecular flexibility index (Phi) is 10.0. The van der Waals surface area contributed by atoms with Crippen molar-refractivity contribution in [3.8, 4) is 5.75 Å². The van der Waals surface area contributed by atoms with Gasteiger partial charge < -0.3 is 14.0 Å². The summed E-state index contributed by atoms with van der Waals surface area (Å²) in [6, 6.07) is 11.2. The molecule has 11 heteroatoms. The molecule has 0 spiro atoms. The smallest absolute Gasteiger partial charge is 0.326 e. The molecule has 0 aliphatic rings. The van der Waals surface area contributed by atoms with Crippen LogP contribution in [0.4, 0.5) is 0 Å². The standard InChI is InChI=1S/C26H33N3O6S2/c1-5-15-28(16-6-2)37(32,33)21-12-9-19(10-13-21)25(31)27-26-29(18-24(30)35-8-4)22-14-11-20(34-7-3)17-23(22)36-26/h9-14,17H,5-8,15-16,18H2,1-4H3. The first-order valence-electron chi connectivity index (χ1n) is 12.4. The first-order valence-corrected chi connectivity index (χ1v) is 14.6. The largest absolute Gasteiger partial charge is 0.494 e. The Bertz CT molecular complexity index is 1400. The average molecular weight is 548 g/mol. The fraction of sp³-hybridized carbons (Fsp3) is 0.423. The second-order valence-electron chi connectivity index (χ2n) is 8.18. The van der Waals surface area contributed by atoms with Gasteiger partial charge in [-0.3, -0.25) is 9.59 Å².